The fraction of sp³-hybridized carbons (Fsp3) is 0.484. The second kappa shape index (κ2) is 39.1. The van der Waals surface area contributed by atoms with Gasteiger partial charge in [0.25, 0.3) is 17.7 Å². The van der Waals surface area contributed by atoms with Crippen LogP contribution in [0.3, 0.4) is 0 Å². The van der Waals surface area contributed by atoms with Gasteiger partial charge in [-0.3, -0.25) is 14.4 Å². The van der Waals surface area contributed by atoms with Gasteiger partial charge in [0, 0.05) is 205 Å². The van der Waals surface area contributed by atoms with Gasteiger partial charge in [0.2, 0.25) is 0 Å². The third kappa shape index (κ3) is 18.9. The zero-order valence-electron chi connectivity index (χ0n) is 71.6. The molecule has 117 heavy (non-hydrogen) atoms. The van der Waals surface area contributed by atoms with Crippen LogP contribution in [0.1, 0.15) is 185 Å². The number of anilines is 3. The topological polar surface area (TPSA) is 189 Å². The summed E-state index contributed by atoms with van der Waals surface area (Å²) in [6.07, 6.45) is 15.1. The van der Waals surface area contributed by atoms with Gasteiger partial charge in [-0.25, -0.2) is 15.0 Å². The third-order valence-corrected chi connectivity index (χ3v) is 24.8. The molecule has 3 saturated heterocycles. The Morgan fingerprint density at radius 1 is 0.385 bits per heavy atom. The van der Waals surface area contributed by atoms with Gasteiger partial charge >= 0.3 is 0 Å². The lowest BCUT2D eigenvalue weighted by molar-refractivity contribution is 0.0680. The summed E-state index contributed by atoms with van der Waals surface area (Å²) in [7, 11) is 9.90. The normalized spacial score (nSPS) is 16.5. The molecule has 0 unspecified atom stereocenters. The van der Waals surface area contributed by atoms with Gasteiger partial charge in [0.15, 0.2) is 34.5 Å². The predicted molar refractivity (Wildman–Crippen MR) is 461 cm³/mol. The molecule has 15 rings (SSSR count). The van der Waals surface area contributed by atoms with Crippen LogP contribution in [0.4, 0.5) is 17.1 Å². The number of hydrogen-bond donors (Lipinski definition) is 0. The number of ether oxygens (including phenoxy) is 6. The number of carbonyl (C=O) groups excluding carboxylic acids is 3. The van der Waals surface area contributed by atoms with E-state index in [1.807, 2.05) is 112 Å². The highest BCUT2D eigenvalue weighted by Crippen LogP contribution is 2.45. The van der Waals surface area contributed by atoms with E-state index in [-0.39, 0.29) is 35.8 Å². The molecular weight excluding hydrogens is 1470 g/mol. The van der Waals surface area contributed by atoms with E-state index in [1.54, 1.807) is 42.7 Å². The number of benzene rings is 6. The van der Waals surface area contributed by atoms with Crippen LogP contribution in [-0.2, 0) is 39.3 Å². The number of carbonyl (C=O) groups is 3. The molecule has 3 amide bonds. The van der Waals surface area contributed by atoms with Gasteiger partial charge in [-0.05, 0) is 168 Å². The lowest BCUT2D eigenvalue weighted by Crippen LogP contribution is -2.46. The summed E-state index contributed by atoms with van der Waals surface area (Å²) < 4.78 is 40.0. The first-order valence-corrected chi connectivity index (χ1v) is 42.3. The first kappa shape index (κ1) is 84.4. The monoisotopic (exact) mass is 1590 g/mol. The van der Waals surface area contributed by atoms with E-state index >= 15 is 0 Å². The number of aromatic nitrogens is 6. The van der Waals surface area contributed by atoms with Crippen molar-refractivity contribution in [1.82, 2.24) is 58.1 Å². The SMILES string of the molecule is CCN1CCN(c2cccc3c2CN([C@H](CCCn2cc(C)nc2C)c2ccc(OC)c(OC)c2)C3=O)CC1.CCN1CCN(c2cccc3c2CN([C@H](CCCn2ccnc2C(C)C)c2ccc(OC)c(OC)c2)C3=O)CC1.CCN1CCN(c2cccc3c2CN([C@H](CCCn2ccnc2C)c2ccc(OC)c(OC)c2)C3=O)CC1. The molecule has 6 aromatic carbocycles. The van der Waals surface area contributed by atoms with E-state index in [0.717, 1.165) is 230 Å². The number of nitrogens with zero attached hydrogens (tertiary/aromatic N) is 15. The van der Waals surface area contributed by atoms with Gasteiger partial charge in [-0.15, -0.1) is 0 Å². The summed E-state index contributed by atoms with van der Waals surface area (Å²) in [6.45, 7) is 37.0. The number of rotatable bonds is 31. The van der Waals surface area contributed by atoms with Crippen molar-refractivity contribution in [3.63, 3.8) is 0 Å². The minimum Gasteiger partial charge on any atom is -0.493 e. The summed E-state index contributed by atoms with van der Waals surface area (Å²) in [5.74, 6) is 7.91. The fourth-order valence-corrected chi connectivity index (χ4v) is 18.2. The Morgan fingerprint density at radius 2 is 0.718 bits per heavy atom. The molecule has 3 atom stereocenters. The summed E-state index contributed by atoms with van der Waals surface area (Å²) in [4.78, 5) is 76.3. The molecule has 0 bridgehead atoms. The van der Waals surface area contributed by atoms with Crippen molar-refractivity contribution in [2.24, 2.45) is 0 Å². The third-order valence-electron chi connectivity index (χ3n) is 24.8. The first-order valence-electron chi connectivity index (χ1n) is 42.3. The maximum absolute atomic E-state index is 14.0. The number of imidazole rings is 3. The largest absolute Gasteiger partial charge is 0.493 e. The van der Waals surface area contributed by atoms with E-state index in [0.29, 0.717) is 60.0 Å². The van der Waals surface area contributed by atoms with Crippen LogP contribution in [0.25, 0.3) is 0 Å². The number of amides is 3. The van der Waals surface area contributed by atoms with Crippen molar-refractivity contribution >= 4 is 34.8 Å². The van der Waals surface area contributed by atoms with Crippen LogP contribution in [-0.4, -0.2) is 217 Å². The van der Waals surface area contributed by atoms with E-state index < -0.39 is 0 Å². The lowest BCUT2D eigenvalue weighted by atomic mass is 9.99. The van der Waals surface area contributed by atoms with Crippen molar-refractivity contribution in [3.05, 3.63) is 213 Å². The average molecular weight is 1600 g/mol. The van der Waals surface area contributed by atoms with Crippen LogP contribution < -0.4 is 43.1 Å². The predicted octanol–water partition coefficient (Wildman–Crippen LogP) is 14.7. The van der Waals surface area contributed by atoms with E-state index in [1.165, 1.54) is 17.1 Å². The van der Waals surface area contributed by atoms with Crippen LogP contribution >= 0.6 is 0 Å². The molecule has 0 radical (unpaired) electrons. The first-order chi connectivity index (χ1) is 56.9. The van der Waals surface area contributed by atoms with E-state index in [9.17, 15) is 14.4 Å². The molecule has 0 aliphatic carbocycles. The highest BCUT2D eigenvalue weighted by Gasteiger charge is 2.40. The second-order valence-corrected chi connectivity index (χ2v) is 31.7. The summed E-state index contributed by atoms with van der Waals surface area (Å²) in [5, 5.41) is 0. The Balaban J connectivity index is 0.000000152. The molecule has 9 heterocycles. The van der Waals surface area contributed by atoms with Gasteiger partial charge in [-0.1, -0.05) is 71.0 Å². The molecule has 9 aromatic rings. The van der Waals surface area contributed by atoms with Crippen molar-refractivity contribution < 1.29 is 42.8 Å². The molecule has 24 nitrogen and oxygen atoms in total. The molecule has 0 spiro atoms. The smallest absolute Gasteiger partial charge is 0.255 e. The Labute approximate surface area is 692 Å². The lowest BCUT2D eigenvalue weighted by Gasteiger charge is -2.36. The molecule has 3 aromatic heterocycles. The molecule has 6 aliphatic heterocycles. The van der Waals surface area contributed by atoms with Crippen molar-refractivity contribution in [2.75, 3.05) is 156 Å². The zero-order chi connectivity index (χ0) is 82.4. The van der Waals surface area contributed by atoms with Crippen LogP contribution in [0.5, 0.6) is 34.5 Å². The van der Waals surface area contributed by atoms with Crippen LogP contribution in [0.15, 0.2) is 140 Å². The zero-order valence-corrected chi connectivity index (χ0v) is 71.6. The molecule has 6 aliphatic rings. The number of hydrogen-bond acceptors (Lipinski definition) is 18. The number of fused-ring (bicyclic) bond motifs is 3. The molecule has 0 N–H and O–H groups in total. The van der Waals surface area contributed by atoms with Crippen molar-refractivity contribution in [2.45, 2.75) is 157 Å². The standard InChI is InChI=1S/C32H43N5O3.C31H41N5O3.C30H39N5O3/c1-6-34-17-19-35(20-18-34)28-10-7-9-25-26(28)22-37(32(25)38)27(24-12-13-29(39-4)30(21-24)40-5)11-8-15-36-16-14-33-31(36)23(2)3;1-6-33-15-17-34(18-16-33)28-10-7-9-25-26(28)21-36(31(25)37)27(11-8-14-35-20-22(2)32-23(35)3)24-12-13-29(38-4)30(19-24)39-5;1-5-32-16-18-34(19-17-32)27-9-6-8-24-25(27)21-35(30(24)36)26(10-7-14-33-15-13-31-22(33)2)23-11-12-28(37-3)29(20-23)38-4/h7,9-10,12-14,16,21,23,27H,6,8,11,15,17-20,22H2,1-5H3;7,9-10,12-13,19-20,27H,6,8,11,14-18,21H2,1-5H3;6,8-9,11-13,15,20,26H,5,7,10,14,16-19,21H2,1-4H3/t2*27-;26-/m111/s1. The van der Waals surface area contributed by atoms with Crippen LogP contribution in [0.2, 0.25) is 0 Å². The number of piperazine rings is 3. The van der Waals surface area contributed by atoms with Gasteiger partial charge in [-0.2, -0.15) is 0 Å². The van der Waals surface area contributed by atoms with Crippen molar-refractivity contribution in [1.29, 1.82) is 0 Å². The maximum Gasteiger partial charge on any atom is 0.255 e. The Kier molecular flexibility index (Phi) is 28.2. The summed E-state index contributed by atoms with van der Waals surface area (Å²) in [5.41, 5.74) is 13.8. The Bertz CT molecular complexity index is 4840. The Hall–Kier alpha value is -10.6. The number of aryl methyl sites for hydroxylation is 6. The van der Waals surface area contributed by atoms with E-state index in [4.69, 9.17) is 28.4 Å². The van der Waals surface area contributed by atoms with Gasteiger partial charge < -0.3 is 86.2 Å². The Morgan fingerprint density at radius 3 is 1.03 bits per heavy atom. The highest BCUT2D eigenvalue weighted by atomic mass is 16.5. The molecule has 0 saturated carbocycles. The van der Waals surface area contributed by atoms with E-state index in [2.05, 4.69) is 156 Å². The quantitative estimate of drug-likeness (QED) is 0.0398. The molecule has 24 heteroatoms. The molecule has 3 fully saturated rings. The average Bonchev–Trinajstić information content (AvgIpc) is 1.62. The molecule has 624 valence electrons. The highest BCUT2D eigenvalue weighted by molar-refractivity contribution is 6.02. The molecular formula is C93H123N15O9. The van der Waals surface area contributed by atoms with Crippen LogP contribution in [0, 0.1) is 20.8 Å². The summed E-state index contributed by atoms with van der Waals surface area (Å²) >= 11 is 0. The van der Waals surface area contributed by atoms with Gasteiger partial charge in [0.05, 0.1) is 66.5 Å². The minimum absolute atomic E-state index is 0.0803. The minimum atomic E-state index is -0.0875. The van der Waals surface area contributed by atoms with Crippen molar-refractivity contribution in [3.8, 4) is 34.5 Å². The number of methoxy groups -OCH3 is 6. The maximum atomic E-state index is 14.0. The van der Waals surface area contributed by atoms with Gasteiger partial charge in [0.1, 0.15) is 17.5 Å². The number of likely N-dealkylation sites (N-methyl/N-ethyl adjacent to an activating group) is 3. The second-order valence-electron chi connectivity index (χ2n) is 31.7. The summed E-state index contributed by atoms with van der Waals surface area (Å²) in [6, 6.07) is 36.5. The fourth-order valence-electron chi connectivity index (χ4n) is 18.2.